The van der Waals surface area contributed by atoms with E-state index in [4.69, 9.17) is 0 Å². The number of carbonyl (C=O) groups is 1. The van der Waals surface area contributed by atoms with Crippen molar-refractivity contribution in [3.8, 4) is 0 Å². The van der Waals surface area contributed by atoms with Crippen LogP contribution < -0.4 is 5.32 Å². The lowest BCUT2D eigenvalue weighted by atomic mass is 10.1. The summed E-state index contributed by atoms with van der Waals surface area (Å²) in [7, 11) is 0. The number of nitrogens with zero attached hydrogens (tertiary/aromatic N) is 2. The third kappa shape index (κ3) is 2.54. The highest BCUT2D eigenvalue weighted by atomic mass is 16.1. The Labute approximate surface area is 117 Å². The molecule has 20 heavy (non-hydrogen) atoms. The molecule has 0 radical (unpaired) electrons. The van der Waals surface area contributed by atoms with Crippen LogP contribution in [0, 0.1) is 6.92 Å². The zero-order valence-corrected chi connectivity index (χ0v) is 11.2. The van der Waals surface area contributed by atoms with E-state index in [2.05, 4.69) is 10.3 Å². The lowest BCUT2D eigenvalue weighted by molar-refractivity contribution is -0.115. The highest BCUT2D eigenvalue weighted by Crippen LogP contribution is 2.15. The number of rotatable bonds is 3. The number of hydrogen-bond acceptors (Lipinski definition) is 2. The summed E-state index contributed by atoms with van der Waals surface area (Å²) in [4.78, 5) is 16.4. The largest absolute Gasteiger partial charge is 0.323 e. The molecule has 0 saturated carbocycles. The Morgan fingerprint density at radius 1 is 1.25 bits per heavy atom. The van der Waals surface area contributed by atoms with Crippen molar-refractivity contribution in [2.45, 2.75) is 13.3 Å². The van der Waals surface area contributed by atoms with Crippen molar-refractivity contribution in [1.82, 2.24) is 9.38 Å². The molecule has 3 rings (SSSR count). The van der Waals surface area contributed by atoms with E-state index in [1.807, 2.05) is 60.1 Å². The van der Waals surface area contributed by atoms with E-state index in [0.29, 0.717) is 6.42 Å². The first kappa shape index (κ1) is 12.4. The van der Waals surface area contributed by atoms with Crippen molar-refractivity contribution in [3.05, 3.63) is 66.1 Å². The number of pyridine rings is 1. The predicted molar refractivity (Wildman–Crippen MR) is 78.7 cm³/mol. The molecule has 0 aliphatic heterocycles. The van der Waals surface area contributed by atoms with Gasteiger partial charge >= 0.3 is 0 Å². The van der Waals surface area contributed by atoms with Crippen LogP contribution in [0.5, 0.6) is 0 Å². The van der Waals surface area contributed by atoms with Gasteiger partial charge in [-0.3, -0.25) is 4.79 Å². The Bertz CT molecular complexity index is 761. The first-order valence-electron chi connectivity index (χ1n) is 6.49. The van der Waals surface area contributed by atoms with Crippen molar-refractivity contribution in [1.29, 1.82) is 0 Å². The molecule has 1 N–H and O–H groups in total. The highest BCUT2D eigenvalue weighted by molar-refractivity contribution is 5.95. The fourth-order valence-electron chi connectivity index (χ4n) is 2.25. The maximum atomic E-state index is 12.1. The van der Waals surface area contributed by atoms with E-state index in [0.717, 1.165) is 22.5 Å². The number of benzene rings is 1. The number of fused-ring (bicyclic) bond motifs is 1. The van der Waals surface area contributed by atoms with Crippen molar-refractivity contribution < 1.29 is 4.79 Å². The van der Waals surface area contributed by atoms with Gasteiger partial charge in [0, 0.05) is 18.6 Å². The molecule has 2 aromatic heterocycles. The molecule has 0 saturated heterocycles. The number of aromatic nitrogens is 2. The first-order valence-corrected chi connectivity index (χ1v) is 6.49. The SMILES string of the molecule is Cc1cccc(CC(=O)Nc2cccn3ccnc23)c1. The summed E-state index contributed by atoms with van der Waals surface area (Å²) in [6, 6.07) is 11.7. The Morgan fingerprint density at radius 3 is 3.00 bits per heavy atom. The lowest BCUT2D eigenvalue weighted by Crippen LogP contribution is -2.15. The maximum Gasteiger partial charge on any atom is 0.228 e. The molecule has 4 nitrogen and oxygen atoms in total. The van der Waals surface area contributed by atoms with E-state index in [1.54, 1.807) is 6.20 Å². The van der Waals surface area contributed by atoms with Gasteiger partial charge in [-0.25, -0.2) is 4.98 Å². The average Bonchev–Trinajstić information content (AvgIpc) is 2.88. The number of carbonyl (C=O) groups excluding carboxylic acids is 1. The highest BCUT2D eigenvalue weighted by Gasteiger charge is 2.07. The standard InChI is InChI=1S/C16H15N3O/c1-12-4-2-5-13(10-12)11-15(20)18-14-6-3-8-19-9-7-17-16(14)19/h2-10H,11H2,1H3,(H,18,20). The molecule has 0 spiro atoms. The molecule has 0 aliphatic carbocycles. The number of aryl methyl sites for hydroxylation is 1. The Balaban J connectivity index is 1.77. The van der Waals surface area contributed by atoms with Gasteiger partial charge in [-0.15, -0.1) is 0 Å². The molecule has 100 valence electrons. The summed E-state index contributed by atoms with van der Waals surface area (Å²) in [6.45, 7) is 2.02. The second kappa shape index (κ2) is 5.17. The summed E-state index contributed by atoms with van der Waals surface area (Å²) in [5.41, 5.74) is 3.66. The summed E-state index contributed by atoms with van der Waals surface area (Å²) in [5, 5.41) is 2.92. The second-order valence-corrected chi connectivity index (χ2v) is 4.79. The Hall–Kier alpha value is -2.62. The molecular formula is C16H15N3O. The van der Waals surface area contributed by atoms with Crippen LogP contribution in [0.25, 0.3) is 5.65 Å². The van der Waals surface area contributed by atoms with E-state index < -0.39 is 0 Å². The van der Waals surface area contributed by atoms with Gasteiger partial charge in [0.15, 0.2) is 5.65 Å². The molecule has 0 atom stereocenters. The van der Waals surface area contributed by atoms with Gasteiger partial charge in [0.1, 0.15) is 0 Å². The first-order chi connectivity index (χ1) is 9.72. The van der Waals surface area contributed by atoms with Gasteiger partial charge in [-0.1, -0.05) is 29.8 Å². The summed E-state index contributed by atoms with van der Waals surface area (Å²) >= 11 is 0. The number of nitrogens with one attached hydrogen (secondary N) is 1. The number of anilines is 1. The van der Waals surface area contributed by atoms with Gasteiger partial charge in [-0.05, 0) is 24.6 Å². The van der Waals surface area contributed by atoms with Crippen LogP contribution in [0.4, 0.5) is 5.69 Å². The van der Waals surface area contributed by atoms with Gasteiger partial charge in [0.25, 0.3) is 0 Å². The third-order valence-electron chi connectivity index (χ3n) is 3.14. The quantitative estimate of drug-likeness (QED) is 0.791. The fourth-order valence-corrected chi connectivity index (χ4v) is 2.25. The Kier molecular flexibility index (Phi) is 3.21. The van der Waals surface area contributed by atoms with Gasteiger partial charge in [0.05, 0.1) is 12.1 Å². The molecule has 0 unspecified atom stereocenters. The number of hydrogen-bond donors (Lipinski definition) is 1. The van der Waals surface area contributed by atoms with Crippen LogP contribution >= 0.6 is 0 Å². The summed E-state index contributed by atoms with van der Waals surface area (Å²) in [5.74, 6) is -0.0355. The molecule has 0 bridgehead atoms. The van der Waals surface area contributed by atoms with E-state index in [1.165, 1.54) is 0 Å². The van der Waals surface area contributed by atoms with E-state index in [-0.39, 0.29) is 5.91 Å². The van der Waals surface area contributed by atoms with Gasteiger partial charge < -0.3 is 9.72 Å². The monoisotopic (exact) mass is 265 g/mol. The molecule has 3 aromatic rings. The van der Waals surface area contributed by atoms with E-state index >= 15 is 0 Å². The lowest BCUT2D eigenvalue weighted by Gasteiger charge is -2.07. The van der Waals surface area contributed by atoms with Crippen LogP contribution in [0.2, 0.25) is 0 Å². The minimum atomic E-state index is -0.0355. The molecule has 0 aliphatic rings. The maximum absolute atomic E-state index is 12.1. The van der Waals surface area contributed by atoms with Crippen LogP contribution in [0.15, 0.2) is 55.0 Å². The topological polar surface area (TPSA) is 46.4 Å². The van der Waals surface area contributed by atoms with Crippen molar-refractivity contribution in [3.63, 3.8) is 0 Å². The smallest absolute Gasteiger partial charge is 0.228 e. The summed E-state index contributed by atoms with van der Waals surface area (Å²) in [6.07, 6.45) is 5.83. The van der Waals surface area contributed by atoms with Crippen molar-refractivity contribution in [2.24, 2.45) is 0 Å². The Morgan fingerprint density at radius 2 is 2.15 bits per heavy atom. The van der Waals surface area contributed by atoms with Crippen molar-refractivity contribution >= 4 is 17.2 Å². The minimum Gasteiger partial charge on any atom is -0.323 e. The zero-order chi connectivity index (χ0) is 13.9. The van der Waals surface area contributed by atoms with Gasteiger partial charge in [0.2, 0.25) is 5.91 Å². The molecule has 1 amide bonds. The predicted octanol–water partition coefficient (Wildman–Crippen LogP) is 2.82. The number of imidazole rings is 1. The normalized spacial score (nSPS) is 10.7. The second-order valence-electron chi connectivity index (χ2n) is 4.79. The summed E-state index contributed by atoms with van der Waals surface area (Å²) < 4.78 is 1.88. The average molecular weight is 265 g/mol. The molecular weight excluding hydrogens is 250 g/mol. The minimum absolute atomic E-state index is 0.0355. The molecule has 2 heterocycles. The molecule has 1 aromatic carbocycles. The fraction of sp³-hybridized carbons (Fsp3) is 0.125. The van der Waals surface area contributed by atoms with Crippen LogP contribution in [0.1, 0.15) is 11.1 Å². The zero-order valence-electron chi connectivity index (χ0n) is 11.2. The van der Waals surface area contributed by atoms with Crippen molar-refractivity contribution in [2.75, 3.05) is 5.32 Å². The number of amides is 1. The third-order valence-corrected chi connectivity index (χ3v) is 3.14. The van der Waals surface area contributed by atoms with Crippen LogP contribution in [-0.4, -0.2) is 15.3 Å². The van der Waals surface area contributed by atoms with Crippen LogP contribution in [0.3, 0.4) is 0 Å². The van der Waals surface area contributed by atoms with E-state index in [9.17, 15) is 4.79 Å². The van der Waals surface area contributed by atoms with Gasteiger partial charge in [-0.2, -0.15) is 0 Å². The van der Waals surface area contributed by atoms with Crippen LogP contribution in [-0.2, 0) is 11.2 Å². The molecule has 4 heteroatoms. The molecule has 0 fully saturated rings.